The first-order chi connectivity index (χ1) is 13.0. The van der Waals surface area contributed by atoms with Crippen molar-refractivity contribution in [1.29, 1.82) is 0 Å². The number of hydrogen-bond acceptors (Lipinski definition) is 3. The van der Waals surface area contributed by atoms with Crippen LogP contribution in [0.4, 0.5) is 0 Å². The molecule has 0 amide bonds. The molecular weight excluding hydrogens is 334 g/mol. The molecular formula is C24H31NO2. The van der Waals surface area contributed by atoms with E-state index in [-0.39, 0.29) is 11.6 Å². The van der Waals surface area contributed by atoms with Crippen molar-refractivity contribution in [2.75, 3.05) is 13.1 Å². The maximum atomic E-state index is 12.6. The van der Waals surface area contributed by atoms with Crippen molar-refractivity contribution in [2.24, 2.45) is 5.92 Å². The number of carbonyl (C=O) groups is 2. The largest absolute Gasteiger partial charge is 0.317 e. The normalized spacial score (nSPS) is 19.8. The van der Waals surface area contributed by atoms with Crippen LogP contribution < -0.4 is 5.32 Å². The smallest absolute Gasteiger partial charge is 0.163 e. The summed E-state index contributed by atoms with van der Waals surface area (Å²) in [6.07, 6.45) is 5.94. The third-order valence-corrected chi connectivity index (χ3v) is 6.17. The van der Waals surface area contributed by atoms with Gasteiger partial charge in [0, 0.05) is 18.4 Å². The van der Waals surface area contributed by atoms with Crippen LogP contribution in [0, 0.1) is 5.92 Å². The highest BCUT2D eigenvalue weighted by atomic mass is 16.1. The van der Waals surface area contributed by atoms with Crippen LogP contribution in [0.15, 0.2) is 47.1 Å². The van der Waals surface area contributed by atoms with Crippen molar-refractivity contribution in [1.82, 2.24) is 5.32 Å². The molecule has 144 valence electrons. The number of piperidine rings is 1. The second-order valence-electron chi connectivity index (χ2n) is 8.17. The van der Waals surface area contributed by atoms with Crippen LogP contribution in [0.25, 0.3) is 0 Å². The van der Waals surface area contributed by atoms with Gasteiger partial charge in [-0.3, -0.25) is 9.59 Å². The molecule has 1 aromatic rings. The minimum atomic E-state index is 0.121. The van der Waals surface area contributed by atoms with Gasteiger partial charge in [-0.15, -0.1) is 0 Å². The van der Waals surface area contributed by atoms with E-state index in [2.05, 4.69) is 30.4 Å². The lowest BCUT2D eigenvalue weighted by Gasteiger charge is -2.28. The number of ketones is 2. The van der Waals surface area contributed by atoms with E-state index in [0.29, 0.717) is 25.2 Å². The molecule has 3 rings (SSSR count). The van der Waals surface area contributed by atoms with Gasteiger partial charge in [-0.25, -0.2) is 0 Å². The maximum absolute atomic E-state index is 12.6. The Hall–Kier alpha value is -2.00. The van der Waals surface area contributed by atoms with Crippen molar-refractivity contribution in [3.8, 4) is 0 Å². The number of carbonyl (C=O) groups excluding carboxylic acids is 2. The zero-order valence-electron chi connectivity index (χ0n) is 16.8. The molecule has 1 aromatic carbocycles. The quantitative estimate of drug-likeness (QED) is 0.723. The summed E-state index contributed by atoms with van der Waals surface area (Å²) < 4.78 is 0. The molecule has 1 fully saturated rings. The molecule has 1 heterocycles. The van der Waals surface area contributed by atoms with E-state index in [0.717, 1.165) is 41.3 Å². The fourth-order valence-corrected chi connectivity index (χ4v) is 4.40. The summed E-state index contributed by atoms with van der Waals surface area (Å²) in [6, 6.07) is 8.15. The van der Waals surface area contributed by atoms with Crippen LogP contribution in [-0.4, -0.2) is 24.7 Å². The summed E-state index contributed by atoms with van der Waals surface area (Å²) in [7, 11) is 0. The number of Topliss-reactive ketones (excluding diaryl/α,β-unsaturated/α-hetero) is 2. The number of nitrogens with one attached hydrogen (secondary N) is 1. The van der Waals surface area contributed by atoms with E-state index >= 15 is 0 Å². The Bertz CT molecular complexity index is 764. The minimum absolute atomic E-state index is 0.121. The van der Waals surface area contributed by atoms with Crippen LogP contribution in [0.2, 0.25) is 0 Å². The maximum Gasteiger partial charge on any atom is 0.163 e. The van der Waals surface area contributed by atoms with Crippen LogP contribution in [-0.2, 0) is 4.79 Å². The Morgan fingerprint density at radius 3 is 2.44 bits per heavy atom. The predicted molar refractivity (Wildman–Crippen MR) is 110 cm³/mol. The van der Waals surface area contributed by atoms with Crippen LogP contribution in [0.1, 0.15) is 74.7 Å². The first-order valence-corrected chi connectivity index (χ1v) is 10.2. The van der Waals surface area contributed by atoms with Gasteiger partial charge in [0.15, 0.2) is 11.6 Å². The molecule has 0 saturated carbocycles. The molecule has 0 radical (unpaired) electrons. The predicted octanol–water partition coefficient (Wildman–Crippen LogP) is 4.99. The highest BCUT2D eigenvalue weighted by Gasteiger charge is 2.22. The van der Waals surface area contributed by atoms with E-state index in [9.17, 15) is 9.59 Å². The standard InChI is InChI=1S/C24H31NO2/c1-16-14-17(2)22(24(27)15-16)8-9-23(26)21-6-4-19(5-7-21)18(3)20-10-12-25-13-11-20/h4-7,14,18,20,25H,8-13,15H2,1-3H3. The van der Waals surface area contributed by atoms with E-state index in [1.165, 1.54) is 18.4 Å². The molecule has 0 aromatic heterocycles. The Morgan fingerprint density at radius 2 is 1.81 bits per heavy atom. The van der Waals surface area contributed by atoms with Crippen molar-refractivity contribution in [3.05, 3.63) is 58.2 Å². The highest BCUT2D eigenvalue weighted by molar-refractivity contribution is 6.01. The molecule has 1 unspecified atom stereocenters. The SMILES string of the molecule is CC1=CC(C)=C(CCC(=O)c2ccc(C(C)C3CCNCC3)cc2)C(=O)C1. The van der Waals surface area contributed by atoms with Gasteiger partial charge in [-0.1, -0.05) is 42.8 Å². The molecule has 1 aliphatic carbocycles. The van der Waals surface area contributed by atoms with E-state index < -0.39 is 0 Å². The van der Waals surface area contributed by atoms with Crippen molar-refractivity contribution in [2.45, 2.75) is 58.8 Å². The molecule has 1 atom stereocenters. The second kappa shape index (κ2) is 8.79. The first kappa shape index (κ1) is 19.8. The van der Waals surface area contributed by atoms with Crippen LogP contribution >= 0.6 is 0 Å². The number of benzene rings is 1. The summed E-state index contributed by atoms with van der Waals surface area (Å²) in [5.74, 6) is 1.54. The topological polar surface area (TPSA) is 46.2 Å². The highest BCUT2D eigenvalue weighted by Crippen LogP contribution is 2.31. The average molecular weight is 366 g/mol. The molecule has 0 bridgehead atoms. The molecule has 27 heavy (non-hydrogen) atoms. The third kappa shape index (κ3) is 4.84. The number of hydrogen-bond donors (Lipinski definition) is 1. The Kier molecular flexibility index (Phi) is 6.43. The van der Waals surface area contributed by atoms with Gasteiger partial charge in [0.25, 0.3) is 0 Å². The lowest BCUT2D eigenvalue weighted by molar-refractivity contribution is -0.115. The third-order valence-electron chi connectivity index (χ3n) is 6.17. The van der Waals surface area contributed by atoms with E-state index in [1.807, 2.05) is 26.0 Å². The molecule has 0 spiro atoms. The van der Waals surface area contributed by atoms with Crippen molar-refractivity contribution >= 4 is 11.6 Å². The molecule has 1 aliphatic heterocycles. The fraction of sp³-hybridized carbons (Fsp3) is 0.500. The lowest BCUT2D eigenvalue weighted by Crippen LogP contribution is -2.30. The summed E-state index contributed by atoms with van der Waals surface area (Å²) >= 11 is 0. The van der Waals surface area contributed by atoms with Crippen molar-refractivity contribution < 1.29 is 9.59 Å². The zero-order valence-corrected chi connectivity index (χ0v) is 16.8. The summed E-state index contributed by atoms with van der Waals surface area (Å²) in [4.78, 5) is 24.8. The van der Waals surface area contributed by atoms with Gasteiger partial charge in [0.05, 0.1) is 0 Å². The first-order valence-electron chi connectivity index (χ1n) is 10.2. The minimum Gasteiger partial charge on any atom is -0.317 e. The van der Waals surface area contributed by atoms with Gasteiger partial charge in [-0.05, 0) is 74.7 Å². The second-order valence-corrected chi connectivity index (χ2v) is 8.17. The lowest BCUT2D eigenvalue weighted by atomic mass is 9.81. The molecule has 2 aliphatic rings. The van der Waals surface area contributed by atoms with E-state index in [1.54, 1.807) is 0 Å². The summed E-state index contributed by atoms with van der Waals surface area (Å²) in [5, 5.41) is 3.42. The Balaban J connectivity index is 1.61. The fourth-order valence-electron chi connectivity index (χ4n) is 4.40. The Morgan fingerprint density at radius 1 is 1.15 bits per heavy atom. The molecule has 1 saturated heterocycles. The molecule has 3 heteroatoms. The van der Waals surface area contributed by atoms with Gasteiger partial charge >= 0.3 is 0 Å². The zero-order chi connectivity index (χ0) is 19.4. The molecule has 1 N–H and O–H groups in total. The van der Waals surface area contributed by atoms with Crippen LogP contribution in [0.3, 0.4) is 0 Å². The van der Waals surface area contributed by atoms with Gasteiger partial charge in [-0.2, -0.15) is 0 Å². The van der Waals surface area contributed by atoms with Crippen LogP contribution in [0.5, 0.6) is 0 Å². The number of rotatable bonds is 6. The average Bonchev–Trinajstić information content (AvgIpc) is 2.67. The summed E-state index contributed by atoms with van der Waals surface area (Å²) in [6.45, 7) is 8.46. The van der Waals surface area contributed by atoms with Gasteiger partial charge < -0.3 is 5.32 Å². The monoisotopic (exact) mass is 365 g/mol. The van der Waals surface area contributed by atoms with E-state index in [4.69, 9.17) is 0 Å². The molecule has 3 nitrogen and oxygen atoms in total. The Labute approximate surface area is 162 Å². The van der Waals surface area contributed by atoms with Gasteiger partial charge in [0.2, 0.25) is 0 Å². The van der Waals surface area contributed by atoms with Gasteiger partial charge in [0.1, 0.15) is 0 Å². The number of allylic oxidation sites excluding steroid dienone is 4. The van der Waals surface area contributed by atoms with Crippen molar-refractivity contribution in [3.63, 3.8) is 0 Å². The summed E-state index contributed by atoms with van der Waals surface area (Å²) in [5.41, 5.74) is 5.02.